The van der Waals surface area contributed by atoms with E-state index in [1.807, 2.05) is 19.1 Å². The van der Waals surface area contributed by atoms with Crippen molar-refractivity contribution in [3.63, 3.8) is 0 Å². The smallest absolute Gasteiger partial charge is 0.459 e. The van der Waals surface area contributed by atoms with Gasteiger partial charge in [0.15, 0.2) is 11.9 Å². The number of terminal acetylenes is 1. The second-order valence-corrected chi connectivity index (χ2v) is 11.5. The van der Waals surface area contributed by atoms with Crippen LogP contribution in [0.2, 0.25) is 0 Å². The number of carbonyl (C=O) groups is 1. The lowest BCUT2D eigenvalue weighted by atomic mass is 9.98. The van der Waals surface area contributed by atoms with Gasteiger partial charge in [0.05, 0.1) is 24.7 Å². The highest BCUT2D eigenvalue weighted by molar-refractivity contribution is 7.52. The van der Waals surface area contributed by atoms with E-state index >= 15 is 4.39 Å². The zero-order chi connectivity index (χ0) is 29.9. The van der Waals surface area contributed by atoms with Crippen LogP contribution in [-0.2, 0) is 29.8 Å². The molecule has 2 aromatic heterocycles. The third kappa shape index (κ3) is 6.22. The van der Waals surface area contributed by atoms with Gasteiger partial charge in [-0.25, -0.2) is 18.9 Å². The molecule has 4 N–H and O–H groups in total. The minimum atomic E-state index is -4.29. The molecule has 0 aliphatic carbocycles. The molecule has 4 rings (SSSR count). The molecule has 6 atom stereocenters. The van der Waals surface area contributed by atoms with E-state index in [0.29, 0.717) is 10.9 Å². The molecule has 2 unspecified atom stereocenters. The minimum Gasteiger partial charge on any atom is -0.468 e. The Morgan fingerprint density at radius 3 is 2.73 bits per heavy atom. The third-order valence-electron chi connectivity index (χ3n) is 6.77. The van der Waals surface area contributed by atoms with E-state index in [4.69, 9.17) is 30.7 Å². The van der Waals surface area contributed by atoms with Gasteiger partial charge < -0.3 is 29.4 Å². The summed E-state index contributed by atoms with van der Waals surface area (Å²) in [4.78, 5) is 20.2. The Bertz CT molecular complexity index is 1490. The van der Waals surface area contributed by atoms with Crippen LogP contribution < -0.4 is 15.3 Å². The Kier molecular flexibility index (Phi) is 9.01. The molecule has 0 radical (unpaired) electrons. The van der Waals surface area contributed by atoms with Crippen molar-refractivity contribution in [2.75, 3.05) is 19.5 Å². The van der Waals surface area contributed by atoms with Crippen molar-refractivity contribution in [1.29, 1.82) is 0 Å². The quantitative estimate of drug-likeness (QED) is 0.171. The molecule has 1 saturated heterocycles. The van der Waals surface area contributed by atoms with Gasteiger partial charge in [-0.2, -0.15) is 5.09 Å². The Morgan fingerprint density at radius 2 is 2.10 bits per heavy atom. The Morgan fingerprint density at radius 1 is 1.39 bits per heavy atom. The average Bonchev–Trinajstić information content (AvgIpc) is 3.43. The van der Waals surface area contributed by atoms with E-state index in [1.165, 1.54) is 31.1 Å². The normalized spacial score (nSPS) is 24.5. The largest absolute Gasteiger partial charge is 0.468 e. The van der Waals surface area contributed by atoms with Crippen LogP contribution in [-0.4, -0.2) is 63.2 Å². The Hall–Kier alpha value is -3.53. The second-order valence-electron chi connectivity index (χ2n) is 9.83. The summed E-state index contributed by atoms with van der Waals surface area (Å²) in [5.74, 6) is 2.07. The number of halogens is 1. The number of esters is 1. The number of hydrogen-bond donors (Lipinski definition) is 3. The van der Waals surface area contributed by atoms with E-state index in [0.717, 1.165) is 25.3 Å². The SMILES string of the molecule is C#Cc1cn([C@@H]2O[C@H](COP(=O)(NC(C)C(=O)OC)Oc3ccc(CCC)cc3)[C@@H](O)[C@@]2(C)F)c2ncnc(N)c12. The Balaban J connectivity index is 1.58. The number of nitrogens with one attached hydrogen (secondary N) is 1. The monoisotopic (exact) mass is 589 g/mol. The number of aromatic nitrogens is 3. The number of aliphatic hydroxyl groups excluding tert-OH is 1. The van der Waals surface area contributed by atoms with E-state index in [9.17, 15) is 14.5 Å². The molecule has 0 bridgehead atoms. The van der Waals surface area contributed by atoms with Gasteiger partial charge in [0.1, 0.15) is 41.8 Å². The number of fused-ring (bicyclic) bond motifs is 1. The zero-order valence-electron chi connectivity index (χ0n) is 23.1. The standard InChI is InChI=1S/C27H33FN5O7P/c1-6-8-17-9-11-19(12-10-17)40-41(36,32-16(3)25(35)37-5)38-14-20-22(34)27(4,28)26(39-20)33-13-18(7-2)21-23(29)30-15-31-24(21)33/h2,9-13,15-16,20,22,26,34H,6,8,14H2,1,3-5H3,(H,32,36)(H2,29,30,31)/t16?,20-,22-,26-,27-,41?/m1/s1. The van der Waals surface area contributed by atoms with Gasteiger partial charge in [0, 0.05) is 6.20 Å². The number of methoxy groups -OCH3 is 1. The molecular formula is C27H33FN5O7P. The van der Waals surface area contributed by atoms with Crippen LogP contribution in [0.25, 0.3) is 11.0 Å². The topological polar surface area (TPSA) is 160 Å². The summed E-state index contributed by atoms with van der Waals surface area (Å²) in [6.07, 6.45) is 5.61. The van der Waals surface area contributed by atoms with Gasteiger partial charge in [0.2, 0.25) is 0 Å². The van der Waals surface area contributed by atoms with Crippen molar-refractivity contribution in [2.24, 2.45) is 0 Å². The zero-order valence-corrected chi connectivity index (χ0v) is 24.0. The first-order valence-corrected chi connectivity index (χ1v) is 14.5. The number of hydrogen-bond acceptors (Lipinski definition) is 10. The fourth-order valence-electron chi connectivity index (χ4n) is 4.62. The number of rotatable bonds is 11. The number of nitrogen functional groups attached to an aromatic ring is 1. The van der Waals surface area contributed by atoms with Gasteiger partial charge in [0.25, 0.3) is 0 Å². The van der Waals surface area contributed by atoms with Crippen molar-refractivity contribution >= 4 is 30.6 Å². The molecule has 12 nitrogen and oxygen atoms in total. The molecule has 0 saturated carbocycles. The summed E-state index contributed by atoms with van der Waals surface area (Å²) in [6.45, 7) is 4.05. The molecule has 220 valence electrons. The molecule has 1 aliphatic heterocycles. The summed E-state index contributed by atoms with van der Waals surface area (Å²) >= 11 is 0. The highest BCUT2D eigenvalue weighted by Crippen LogP contribution is 2.48. The third-order valence-corrected chi connectivity index (χ3v) is 8.41. The lowest BCUT2D eigenvalue weighted by Crippen LogP contribution is -2.41. The number of aliphatic hydroxyl groups is 1. The molecule has 0 spiro atoms. The lowest BCUT2D eigenvalue weighted by molar-refractivity contribution is -0.142. The van der Waals surface area contributed by atoms with Crippen molar-refractivity contribution in [1.82, 2.24) is 19.6 Å². The van der Waals surface area contributed by atoms with Crippen molar-refractivity contribution in [3.05, 3.63) is 47.9 Å². The number of aryl methyl sites for hydroxylation is 1. The molecule has 41 heavy (non-hydrogen) atoms. The van der Waals surface area contributed by atoms with Crippen molar-refractivity contribution < 1.29 is 37.4 Å². The second kappa shape index (κ2) is 12.1. The number of carbonyl (C=O) groups excluding carboxylic acids is 1. The first kappa shape index (κ1) is 30.4. The van der Waals surface area contributed by atoms with Gasteiger partial charge in [-0.1, -0.05) is 31.4 Å². The molecule has 1 aliphatic rings. The van der Waals surface area contributed by atoms with Gasteiger partial charge >= 0.3 is 13.7 Å². The number of nitrogens with two attached hydrogens (primary N) is 1. The minimum absolute atomic E-state index is 0.104. The van der Waals surface area contributed by atoms with E-state index in [2.05, 4.69) is 21.0 Å². The predicted octanol–water partition coefficient (Wildman–Crippen LogP) is 3.29. The lowest BCUT2D eigenvalue weighted by Gasteiger charge is -2.25. The van der Waals surface area contributed by atoms with E-state index < -0.39 is 50.5 Å². The van der Waals surface area contributed by atoms with Crippen molar-refractivity contribution in [2.45, 2.75) is 63.8 Å². The maximum absolute atomic E-state index is 16.0. The highest BCUT2D eigenvalue weighted by Gasteiger charge is 2.56. The maximum Gasteiger partial charge on any atom is 0.459 e. The van der Waals surface area contributed by atoms with Crippen LogP contribution in [0.3, 0.4) is 0 Å². The molecule has 14 heteroatoms. The first-order chi connectivity index (χ1) is 19.4. The van der Waals surface area contributed by atoms with Gasteiger partial charge in [-0.3, -0.25) is 9.32 Å². The summed E-state index contributed by atoms with van der Waals surface area (Å²) in [5, 5.41) is 13.8. The molecule has 1 fully saturated rings. The summed E-state index contributed by atoms with van der Waals surface area (Å²) < 4.78 is 53.0. The molecule has 0 amide bonds. The molecule has 1 aromatic carbocycles. The fourth-order valence-corrected chi connectivity index (χ4v) is 6.12. The summed E-state index contributed by atoms with van der Waals surface area (Å²) in [6, 6.07) is 5.79. The van der Waals surface area contributed by atoms with Crippen LogP contribution in [0.4, 0.5) is 10.2 Å². The van der Waals surface area contributed by atoms with Crippen molar-refractivity contribution in [3.8, 4) is 18.1 Å². The Labute approximate surface area is 236 Å². The molecular weight excluding hydrogens is 556 g/mol. The summed E-state index contributed by atoms with van der Waals surface area (Å²) in [7, 11) is -3.11. The fraction of sp³-hybridized carbons (Fsp3) is 0.444. The van der Waals surface area contributed by atoms with Crippen LogP contribution in [0.5, 0.6) is 5.75 Å². The highest BCUT2D eigenvalue weighted by atomic mass is 31.2. The number of ether oxygens (including phenoxy) is 2. The van der Waals surface area contributed by atoms with Gasteiger partial charge in [-0.15, -0.1) is 6.42 Å². The van der Waals surface area contributed by atoms with Crippen LogP contribution in [0.15, 0.2) is 36.8 Å². The predicted molar refractivity (Wildman–Crippen MR) is 149 cm³/mol. The first-order valence-electron chi connectivity index (χ1n) is 12.9. The number of alkyl halides is 1. The summed E-state index contributed by atoms with van der Waals surface area (Å²) in [5.41, 5.74) is 5.19. The molecule has 3 aromatic rings. The molecule has 3 heterocycles. The number of benzene rings is 1. The van der Waals surface area contributed by atoms with E-state index in [1.54, 1.807) is 12.1 Å². The van der Waals surface area contributed by atoms with Gasteiger partial charge in [-0.05, 0) is 38.0 Å². The van der Waals surface area contributed by atoms with Crippen LogP contribution in [0, 0.1) is 12.3 Å². The van der Waals surface area contributed by atoms with Crippen LogP contribution >= 0.6 is 7.75 Å². The number of anilines is 1. The maximum atomic E-state index is 16.0. The number of nitrogens with zero attached hydrogens (tertiary/aromatic N) is 3. The van der Waals surface area contributed by atoms with E-state index in [-0.39, 0.29) is 17.2 Å². The average molecular weight is 590 g/mol. The van der Waals surface area contributed by atoms with Crippen LogP contribution in [0.1, 0.15) is 44.5 Å².